The third-order valence-corrected chi connectivity index (χ3v) is 3.49. The Bertz CT molecular complexity index is 908. The van der Waals surface area contributed by atoms with Crippen molar-refractivity contribution < 1.29 is 0 Å². The van der Waals surface area contributed by atoms with Crippen LogP contribution in [0.25, 0.3) is 22.4 Å². The highest BCUT2D eigenvalue weighted by Gasteiger charge is 2.22. The second kappa shape index (κ2) is 4.92. The van der Waals surface area contributed by atoms with Crippen molar-refractivity contribution in [3.05, 3.63) is 40.6 Å². The third kappa shape index (κ3) is 1.85. The van der Waals surface area contributed by atoms with E-state index in [-0.39, 0.29) is 5.56 Å². The van der Waals surface area contributed by atoms with Gasteiger partial charge in [0.05, 0.1) is 17.7 Å². The van der Waals surface area contributed by atoms with Gasteiger partial charge in [0.1, 0.15) is 22.7 Å². The number of rotatable bonds is 3. The Morgan fingerprint density at radius 2 is 2.33 bits per heavy atom. The zero-order chi connectivity index (χ0) is 15.0. The number of nitriles is 1. The van der Waals surface area contributed by atoms with Crippen LogP contribution >= 0.6 is 0 Å². The lowest BCUT2D eigenvalue weighted by molar-refractivity contribution is 0.732. The fourth-order valence-electron chi connectivity index (χ4n) is 2.62. The predicted molar refractivity (Wildman–Crippen MR) is 78.5 cm³/mol. The maximum atomic E-state index is 12.1. The Morgan fingerprint density at radius 3 is 2.95 bits per heavy atom. The fourth-order valence-corrected chi connectivity index (χ4v) is 2.62. The number of aromatic amines is 1. The molecule has 0 aliphatic rings. The summed E-state index contributed by atoms with van der Waals surface area (Å²) in [6.45, 7) is 0.799. The highest BCUT2D eigenvalue weighted by Crippen LogP contribution is 2.30. The summed E-state index contributed by atoms with van der Waals surface area (Å²) in [4.78, 5) is 18.9. The van der Waals surface area contributed by atoms with Gasteiger partial charge in [-0.15, -0.1) is 0 Å². The lowest BCUT2D eigenvalue weighted by Crippen LogP contribution is -2.16. The van der Waals surface area contributed by atoms with E-state index in [1.165, 1.54) is 6.33 Å². The molecule has 3 aromatic rings. The summed E-state index contributed by atoms with van der Waals surface area (Å²) in [6, 6.07) is 5.96. The zero-order valence-electron chi connectivity index (χ0n) is 11.5. The summed E-state index contributed by atoms with van der Waals surface area (Å²) < 4.78 is 3.67. The number of aromatic nitrogens is 4. The quantitative estimate of drug-likeness (QED) is 0.732. The van der Waals surface area contributed by atoms with Gasteiger partial charge in [-0.1, -0.05) is 0 Å². The van der Waals surface area contributed by atoms with Crippen molar-refractivity contribution in [2.45, 2.75) is 6.54 Å². The topological polar surface area (TPSA) is 105 Å². The molecule has 0 aliphatic heterocycles. The molecule has 0 unspecified atom stereocenters. The van der Waals surface area contributed by atoms with Crippen molar-refractivity contribution in [3.63, 3.8) is 0 Å². The van der Waals surface area contributed by atoms with Crippen LogP contribution in [0.1, 0.15) is 5.56 Å². The van der Waals surface area contributed by atoms with E-state index in [0.717, 1.165) is 5.69 Å². The van der Waals surface area contributed by atoms with E-state index in [1.807, 2.05) is 29.9 Å². The second-order valence-electron chi connectivity index (χ2n) is 4.71. The maximum absolute atomic E-state index is 12.1. The van der Waals surface area contributed by atoms with Gasteiger partial charge in [-0.25, -0.2) is 4.98 Å². The van der Waals surface area contributed by atoms with Crippen LogP contribution in [0.3, 0.4) is 0 Å². The lowest BCUT2D eigenvalue weighted by atomic mass is 10.2. The Balaban J connectivity index is 2.51. The van der Waals surface area contributed by atoms with Crippen LogP contribution < -0.4 is 11.3 Å². The molecular formula is C14H14N6O. The number of H-pyrrole nitrogens is 1. The zero-order valence-corrected chi connectivity index (χ0v) is 11.5. The summed E-state index contributed by atoms with van der Waals surface area (Å²) in [6.07, 6.45) is 3.20. The lowest BCUT2D eigenvalue weighted by Gasteiger charge is -2.10. The average Bonchev–Trinajstić information content (AvgIpc) is 3.01. The van der Waals surface area contributed by atoms with Gasteiger partial charge < -0.3 is 19.9 Å². The van der Waals surface area contributed by atoms with Crippen LogP contribution in [0.5, 0.6) is 0 Å². The molecule has 0 atom stereocenters. The van der Waals surface area contributed by atoms with E-state index in [9.17, 15) is 10.1 Å². The van der Waals surface area contributed by atoms with Gasteiger partial charge in [0, 0.05) is 26.3 Å². The third-order valence-electron chi connectivity index (χ3n) is 3.49. The Morgan fingerprint density at radius 1 is 1.52 bits per heavy atom. The Kier molecular flexibility index (Phi) is 3.08. The molecule has 106 valence electrons. The maximum Gasteiger partial charge on any atom is 0.275 e. The summed E-state index contributed by atoms with van der Waals surface area (Å²) >= 11 is 0. The molecule has 0 amide bonds. The first kappa shape index (κ1) is 13.1. The minimum atomic E-state index is -0.273. The molecule has 0 aliphatic carbocycles. The van der Waals surface area contributed by atoms with Gasteiger partial charge in [0.15, 0.2) is 0 Å². The van der Waals surface area contributed by atoms with Crippen LogP contribution in [0.15, 0.2) is 29.5 Å². The SMILES string of the molecule is Cn1cccc1-c1c(C#N)c2nc[nH]c(=O)c2n1CCN. The molecule has 3 N–H and O–H groups in total. The molecule has 0 saturated heterocycles. The second-order valence-corrected chi connectivity index (χ2v) is 4.71. The number of fused-ring (bicyclic) bond motifs is 1. The molecule has 0 radical (unpaired) electrons. The number of nitrogens with one attached hydrogen (secondary N) is 1. The van der Waals surface area contributed by atoms with E-state index in [0.29, 0.717) is 35.4 Å². The number of hydrogen-bond donors (Lipinski definition) is 2. The molecule has 3 aromatic heterocycles. The van der Waals surface area contributed by atoms with E-state index in [4.69, 9.17) is 5.73 Å². The molecule has 0 aromatic carbocycles. The van der Waals surface area contributed by atoms with Gasteiger partial charge in [-0.2, -0.15) is 5.26 Å². The molecule has 7 heteroatoms. The van der Waals surface area contributed by atoms with Crippen molar-refractivity contribution in [2.75, 3.05) is 6.54 Å². The molecule has 0 spiro atoms. The molecule has 21 heavy (non-hydrogen) atoms. The van der Waals surface area contributed by atoms with Crippen molar-refractivity contribution in [1.82, 2.24) is 19.1 Å². The molecule has 3 heterocycles. The fraction of sp³-hybridized carbons (Fsp3) is 0.214. The number of nitrogens with two attached hydrogens (primary N) is 1. The molecule has 0 bridgehead atoms. The normalized spacial score (nSPS) is 10.9. The van der Waals surface area contributed by atoms with Crippen LogP contribution in [-0.2, 0) is 13.6 Å². The standard InChI is InChI=1S/C14H14N6O/c1-19-5-2-3-10(19)12-9(7-16)11-13(20(12)6-4-15)14(21)18-8-17-11/h2-3,5,8H,4,6,15H2,1H3,(H,17,18,21). The van der Waals surface area contributed by atoms with Crippen molar-refractivity contribution in [1.29, 1.82) is 5.26 Å². The minimum absolute atomic E-state index is 0.273. The summed E-state index contributed by atoms with van der Waals surface area (Å²) in [5, 5.41) is 9.52. The molecule has 0 saturated carbocycles. The van der Waals surface area contributed by atoms with Crippen LogP contribution in [0.4, 0.5) is 0 Å². The first-order valence-electron chi connectivity index (χ1n) is 6.50. The molecule has 7 nitrogen and oxygen atoms in total. The Labute approximate surface area is 120 Å². The minimum Gasteiger partial charge on any atom is -0.349 e. The highest BCUT2D eigenvalue weighted by molar-refractivity contribution is 5.90. The van der Waals surface area contributed by atoms with Crippen molar-refractivity contribution in [3.8, 4) is 17.5 Å². The van der Waals surface area contributed by atoms with E-state index in [1.54, 1.807) is 4.57 Å². The van der Waals surface area contributed by atoms with E-state index < -0.39 is 0 Å². The van der Waals surface area contributed by atoms with Gasteiger partial charge in [0.25, 0.3) is 5.56 Å². The average molecular weight is 282 g/mol. The monoisotopic (exact) mass is 282 g/mol. The molecule has 3 rings (SSSR count). The smallest absolute Gasteiger partial charge is 0.275 e. The highest BCUT2D eigenvalue weighted by atomic mass is 16.1. The van der Waals surface area contributed by atoms with Gasteiger partial charge in [0.2, 0.25) is 0 Å². The largest absolute Gasteiger partial charge is 0.349 e. The summed E-state index contributed by atoms with van der Waals surface area (Å²) in [5.74, 6) is 0. The number of aryl methyl sites for hydroxylation is 1. The van der Waals surface area contributed by atoms with Crippen LogP contribution in [0, 0.1) is 11.3 Å². The van der Waals surface area contributed by atoms with Gasteiger partial charge in [-0.3, -0.25) is 4.79 Å². The van der Waals surface area contributed by atoms with Crippen molar-refractivity contribution >= 4 is 11.0 Å². The van der Waals surface area contributed by atoms with E-state index in [2.05, 4.69) is 16.0 Å². The Hall–Kier alpha value is -2.85. The van der Waals surface area contributed by atoms with Crippen LogP contribution in [0.2, 0.25) is 0 Å². The predicted octanol–water partition coefficient (Wildman–Crippen LogP) is 0.560. The number of hydrogen-bond acceptors (Lipinski definition) is 4. The number of nitrogens with zero attached hydrogens (tertiary/aromatic N) is 4. The van der Waals surface area contributed by atoms with Gasteiger partial charge >= 0.3 is 0 Å². The first-order valence-corrected chi connectivity index (χ1v) is 6.50. The van der Waals surface area contributed by atoms with Gasteiger partial charge in [-0.05, 0) is 12.1 Å². The molecular weight excluding hydrogens is 268 g/mol. The van der Waals surface area contributed by atoms with Crippen molar-refractivity contribution in [2.24, 2.45) is 12.8 Å². The summed E-state index contributed by atoms with van der Waals surface area (Å²) in [5.41, 5.74) is 8.11. The summed E-state index contributed by atoms with van der Waals surface area (Å²) in [7, 11) is 1.89. The van der Waals surface area contributed by atoms with Crippen LogP contribution in [-0.4, -0.2) is 25.6 Å². The molecule has 0 fully saturated rings. The van der Waals surface area contributed by atoms with E-state index >= 15 is 0 Å². The first-order chi connectivity index (χ1) is 10.2.